The van der Waals surface area contributed by atoms with Crippen molar-refractivity contribution in [1.29, 1.82) is 0 Å². The van der Waals surface area contributed by atoms with E-state index in [4.69, 9.17) is 4.55 Å². The van der Waals surface area contributed by atoms with Crippen LogP contribution in [0.4, 0.5) is 0 Å². The predicted molar refractivity (Wildman–Crippen MR) is 63.2 cm³/mol. The smallest absolute Gasteiger partial charge is 0.282 e. The second kappa shape index (κ2) is 3.57. The molecule has 0 saturated carbocycles. The predicted octanol–water partition coefficient (Wildman–Crippen LogP) is 2.70. The first-order valence-corrected chi connectivity index (χ1v) is 6.31. The highest BCUT2D eigenvalue weighted by Crippen LogP contribution is 2.28. The monoisotopic (exact) mass is 236 g/mol. The molecular weight excluding hydrogens is 224 g/mol. The number of hydrogen-bond donors (Lipinski definition) is 1. The van der Waals surface area contributed by atoms with Gasteiger partial charge < -0.3 is 0 Å². The molecule has 0 bridgehead atoms. The van der Waals surface area contributed by atoms with Crippen LogP contribution in [-0.4, -0.2) is 13.0 Å². The third-order valence-corrected chi connectivity index (χ3v) is 3.61. The van der Waals surface area contributed by atoms with Crippen molar-refractivity contribution in [2.75, 3.05) is 0 Å². The van der Waals surface area contributed by atoms with Gasteiger partial charge in [-0.25, -0.2) is 0 Å². The third kappa shape index (κ3) is 1.70. The number of benzene rings is 2. The maximum atomic E-state index is 11.2. The molecule has 84 valence electrons. The Balaban J connectivity index is 3.02. The first kappa shape index (κ1) is 11.1. The molecule has 2 aromatic rings. The van der Waals surface area contributed by atoms with E-state index in [1.54, 1.807) is 18.2 Å². The molecular formula is C12H12O3S. The standard InChI is InChI=1S/C12H12O3S/c1-8-4-3-5-10-11(16(13,14)15)7-6-9(2)12(8)10/h3-7H,1-2H3,(H,13,14,15). The molecule has 0 atom stereocenters. The second-order valence-electron chi connectivity index (χ2n) is 3.85. The van der Waals surface area contributed by atoms with E-state index in [1.807, 2.05) is 19.9 Å². The molecule has 0 aliphatic rings. The van der Waals surface area contributed by atoms with Gasteiger partial charge in [0, 0.05) is 5.39 Å². The summed E-state index contributed by atoms with van der Waals surface area (Å²) in [5.41, 5.74) is 2.00. The van der Waals surface area contributed by atoms with Gasteiger partial charge in [-0.2, -0.15) is 8.42 Å². The van der Waals surface area contributed by atoms with E-state index in [9.17, 15) is 8.42 Å². The molecule has 0 saturated heterocycles. The highest BCUT2D eigenvalue weighted by Gasteiger charge is 2.15. The van der Waals surface area contributed by atoms with Crippen molar-refractivity contribution in [3.05, 3.63) is 41.5 Å². The average molecular weight is 236 g/mol. The van der Waals surface area contributed by atoms with Gasteiger partial charge in [-0.3, -0.25) is 4.55 Å². The third-order valence-electron chi connectivity index (χ3n) is 2.70. The molecule has 0 amide bonds. The number of fused-ring (bicyclic) bond motifs is 1. The summed E-state index contributed by atoms with van der Waals surface area (Å²) in [4.78, 5) is -0.0307. The van der Waals surface area contributed by atoms with E-state index in [-0.39, 0.29) is 4.90 Å². The molecule has 16 heavy (non-hydrogen) atoms. The molecule has 0 radical (unpaired) electrons. The minimum atomic E-state index is -4.16. The maximum absolute atomic E-state index is 11.2. The van der Waals surface area contributed by atoms with E-state index in [0.29, 0.717) is 5.39 Å². The highest BCUT2D eigenvalue weighted by molar-refractivity contribution is 7.86. The summed E-state index contributed by atoms with van der Waals surface area (Å²) in [6.07, 6.45) is 0. The van der Waals surface area contributed by atoms with Crippen LogP contribution in [0.1, 0.15) is 11.1 Å². The van der Waals surface area contributed by atoms with E-state index in [2.05, 4.69) is 0 Å². The Morgan fingerprint density at radius 2 is 1.62 bits per heavy atom. The number of aryl methyl sites for hydroxylation is 2. The molecule has 0 fully saturated rings. The van der Waals surface area contributed by atoms with Crippen LogP contribution in [0.2, 0.25) is 0 Å². The highest BCUT2D eigenvalue weighted by atomic mass is 32.2. The van der Waals surface area contributed by atoms with Crippen molar-refractivity contribution in [3.8, 4) is 0 Å². The average Bonchev–Trinajstić information content (AvgIpc) is 2.16. The molecule has 2 rings (SSSR count). The van der Waals surface area contributed by atoms with E-state index in [1.165, 1.54) is 6.07 Å². The summed E-state index contributed by atoms with van der Waals surface area (Å²) in [7, 11) is -4.16. The molecule has 0 heterocycles. The first-order chi connectivity index (χ1) is 7.41. The van der Waals surface area contributed by atoms with Crippen LogP contribution in [0, 0.1) is 13.8 Å². The van der Waals surface area contributed by atoms with Crippen molar-refractivity contribution in [1.82, 2.24) is 0 Å². The van der Waals surface area contributed by atoms with Gasteiger partial charge in [0.25, 0.3) is 10.1 Å². The Bertz CT molecular complexity index is 649. The normalized spacial score (nSPS) is 11.9. The summed E-state index contributed by atoms with van der Waals surface area (Å²) < 4.78 is 31.6. The van der Waals surface area contributed by atoms with E-state index in [0.717, 1.165) is 16.5 Å². The topological polar surface area (TPSA) is 54.4 Å². The summed E-state index contributed by atoms with van der Waals surface area (Å²) in [5.74, 6) is 0. The van der Waals surface area contributed by atoms with Gasteiger partial charge in [0.05, 0.1) is 0 Å². The Hall–Kier alpha value is -1.39. The lowest BCUT2D eigenvalue weighted by atomic mass is 10.0. The fraction of sp³-hybridized carbons (Fsp3) is 0.167. The van der Waals surface area contributed by atoms with E-state index >= 15 is 0 Å². The lowest BCUT2D eigenvalue weighted by Gasteiger charge is -2.08. The SMILES string of the molecule is Cc1cccc2c(S(=O)(=O)O)ccc(C)c12. The van der Waals surface area contributed by atoms with Crippen LogP contribution in [0.5, 0.6) is 0 Å². The minimum Gasteiger partial charge on any atom is -0.282 e. The zero-order valence-corrected chi connectivity index (χ0v) is 9.88. The summed E-state index contributed by atoms with van der Waals surface area (Å²) in [5, 5.41) is 1.46. The number of rotatable bonds is 1. The van der Waals surface area contributed by atoms with Gasteiger partial charge in [0.15, 0.2) is 0 Å². The molecule has 0 aromatic heterocycles. The van der Waals surface area contributed by atoms with Crippen molar-refractivity contribution in [2.45, 2.75) is 18.7 Å². The van der Waals surface area contributed by atoms with Gasteiger partial charge in [0.1, 0.15) is 4.90 Å². The summed E-state index contributed by atoms with van der Waals surface area (Å²) >= 11 is 0. The van der Waals surface area contributed by atoms with Crippen molar-refractivity contribution in [2.24, 2.45) is 0 Å². The number of hydrogen-bond acceptors (Lipinski definition) is 2. The Kier molecular flexibility index (Phi) is 2.48. The second-order valence-corrected chi connectivity index (χ2v) is 5.24. The zero-order valence-electron chi connectivity index (χ0n) is 9.06. The van der Waals surface area contributed by atoms with Crippen molar-refractivity contribution < 1.29 is 13.0 Å². The molecule has 0 aliphatic heterocycles. The zero-order chi connectivity index (χ0) is 11.9. The van der Waals surface area contributed by atoms with E-state index < -0.39 is 10.1 Å². The van der Waals surface area contributed by atoms with Gasteiger partial charge >= 0.3 is 0 Å². The van der Waals surface area contributed by atoms with Crippen LogP contribution < -0.4 is 0 Å². The lowest BCUT2D eigenvalue weighted by molar-refractivity contribution is 0.484. The molecule has 1 N–H and O–H groups in total. The van der Waals surface area contributed by atoms with Crippen LogP contribution in [0.25, 0.3) is 10.8 Å². The molecule has 4 heteroatoms. The Labute approximate surface area is 94.5 Å². The first-order valence-electron chi connectivity index (χ1n) is 4.87. The Morgan fingerprint density at radius 3 is 2.25 bits per heavy atom. The molecule has 2 aromatic carbocycles. The van der Waals surface area contributed by atoms with Crippen molar-refractivity contribution >= 4 is 20.9 Å². The quantitative estimate of drug-likeness (QED) is 0.774. The van der Waals surface area contributed by atoms with Crippen LogP contribution in [0.15, 0.2) is 35.2 Å². The summed E-state index contributed by atoms with van der Waals surface area (Å²) in [6.45, 7) is 3.84. The van der Waals surface area contributed by atoms with Gasteiger partial charge in [-0.1, -0.05) is 24.3 Å². The van der Waals surface area contributed by atoms with Crippen molar-refractivity contribution in [3.63, 3.8) is 0 Å². The minimum absolute atomic E-state index is 0.0307. The fourth-order valence-electron chi connectivity index (χ4n) is 2.00. The molecule has 0 spiro atoms. The lowest BCUT2D eigenvalue weighted by Crippen LogP contribution is -2.00. The van der Waals surface area contributed by atoms with Crippen LogP contribution in [0.3, 0.4) is 0 Å². The van der Waals surface area contributed by atoms with Gasteiger partial charge in [-0.05, 0) is 36.4 Å². The molecule has 3 nitrogen and oxygen atoms in total. The molecule has 0 aliphatic carbocycles. The van der Waals surface area contributed by atoms with Gasteiger partial charge in [0.2, 0.25) is 0 Å². The maximum Gasteiger partial charge on any atom is 0.295 e. The van der Waals surface area contributed by atoms with Gasteiger partial charge in [-0.15, -0.1) is 0 Å². The van der Waals surface area contributed by atoms with Crippen LogP contribution >= 0.6 is 0 Å². The molecule has 0 unspecified atom stereocenters. The largest absolute Gasteiger partial charge is 0.295 e. The van der Waals surface area contributed by atoms with Crippen LogP contribution in [-0.2, 0) is 10.1 Å². The Morgan fingerprint density at radius 1 is 1.00 bits per heavy atom. The summed E-state index contributed by atoms with van der Waals surface area (Å²) in [6, 6.07) is 8.55. The fourth-order valence-corrected chi connectivity index (χ4v) is 2.68.